The molecule has 0 fully saturated rings. The van der Waals surface area contributed by atoms with Crippen LogP contribution in [0, 0.1) is 6.92 Å². The molecule has 0 bridgehead atoms. The smallest absolute Gasteiger partial charge is 0.414 e. The minimum atomic E-state index is -1.82. The molecule has 2 aromatic rings. The number of halogens is 1. The van der Waals surface area contributed by atoms with Crippen LogP contribution < -0.4 is 5.32 Å². The highest BCUT2D eigenvalue weighted by Crippen LogP contribution is 2.20. The fraction of sp³-hybridized carbons (Fsp3) is 0.133. The molecule has 1 aromatic carbocycles. The van der Waals surface area contributed by atoms with Crippen LogP contribution in [-0.2, 0) is 16.1 Å². The summed E-state index contributed by atoms with van der Waals surface area (Å²) >= 11 is 3.49. The first-order valence-electron chi connectivity index (χ1n) is 6.25. The number of aliphatic carboxylic acids is 2. The van der Waals surface area contributed by atoms with Crippen LogP contribution in [0.15, 0.2) is 47.2 Å². The third-order valence-electron chi connectivity index (χ3n) is 2.59. The molecule has 0 aliphatic heterocycles. The van der Waals surface area contributed by atoms with E-state index in [0.29, 0.717) is 0 Å². The van der Waals surface area contributed by atoms with E-state index in [1.165, 1.54) is 11.1 Å². The number of nitrogens with one attached hydrogen (secondary N) is 1. The number of anilines is 1. The Morgan fingerprint density at radius 2 is 1.73 bits per heavy atom. The van der Waals surface area contributed by atoms with Crippen LogP contribution in [0.25, 0.3) is 0 Å². The van der Waals surface area contributed by atoms with Gasteiger partial charge in [-0.2, -0.15) is 0 Å². The third-order valence-corrected chi connectivity index (χ3v) is 3.48. The molecule has 0 saturated heterocycles. The van der Waals surface area contributed by atoms with Gasteiger partial charge in [-0.05, 0) is 48.4 Å². The summed E-state index contributed by atoms with van der Waals surface area (Å²) in [5.41, 5.74) is 3.60. The Hall–Kier alpha value is -2.41. The van der Waals surface area contributed by atoms with Gasteiger partial charge in [0.1, 0.15) is 0 Å². The van der Waals surface area contributed by atoms with Crippen molar-refractivity contribution in [1.29, 1.82) is 0 Å². The van der Waals surface area contributed by atoms with Crippen LogP contribution in [0.3, 0.4) is 0 Å². The van der Waals surface area contributed by atoms with Crippen molar-refractivity contribution in [3.8, 4) is 0 Å². The minimum Gasteiger partial charge on any atom is -0.473 e. The van der Waals surface area contributed by atoms with Gasteiger partial charge in [0.2, 0.25) is 0 Å². The van der Waals surface area contributed by atoms with E-state index in [1.807, 2.05) is 24.5 Å². The summed E-state index contributed by atoms with van der Waals surface area (Å²) in [4.78, 5) is 22.2. The summed E-state index contributed by atoms with van der Waals surface area (Å²) in [6, 6.07) is 10.3. The maximum atomic E-state index is 9.10. The van der Waals surface area contributed by atoms with Gasteiger partial charge < -0.3 is 15.5 Å². The number of carboxylic acids is 2. The zero-order chi connectivity index (χ0) is 16.5. The summed E-state index contributed by atoms with van der Waals surface area (Å²) in [7, 11) is 0. The fourth-order valence-electron chi connectivity index (χ4n) is 1.46. The quantitative estimate of drug-likeness (QED) is 0.722. The van der Waals surface area contributed by atoms with Crippen LogP contribution in [-0.4, -0.2) is 27.1 Å². The van der Waals surface area contributed by atoms with Gasteiger partial charge in [-0.15, -0.1) is 0 Å². The van der Waals surface area contributed by atoms with Crippen LogP contribution in [0.2, 0.25) is 0 Å². The zero-order valence-corrected chi connectivity index (χ0v) is 13.4. The molecule has 0 saturated carbocycles. The van der Waals surface area contributed by atoms with Gasteiger partial charge in [0.25, 0.3) is 0 Å². The molecule has 2 rings (SSSR count). The normalized spacial score (nSPS) is 9.36. The average Bonchev–Trinajstić information content (AvgIpc) is 2.50. The van der Waals surface area contributed by atoms with E-state index in [1.54, 1.807) is 0 Å². The Kier molecular flexibility index (Phi) is 7.04. The molecular weight excluding hydrogens is 352 g/mol. The molecule has 0 amide bonds. The summed E-state index contributed by atoms with van der Waals surface area (Å²) in [5, 5.41) is 18.2. The highest BCUT2D eigenvalue weighted by atomic mass is 79.9. The number of hydrogen-bond donors (Lipinski definition) is 3. The molecule has 0 aliphatic carbocycles. The molecular formula is C15H15BrN2O4. The monoisotopic (exact) mass is 366 g/mol. The number of carboxylic acid groups (broad SMARTS) is 2. The molecule has 22 heavy (non-hydrogen) atoms. The van der Waals surface area contributed by atoms with Crippen LogP contribution in [0.5, 0.6) is 0 Å². The summed E-state index contributed by atoms with van der Waals surface area (Å²) < 4.78 is 1.14. The molecule has 1 aromatic heterocycles. The van der Waals surface area contributed by atoms with E-state index in [9.17, 15) is 0 Å². The highest BCUT2D eigenvalue weighted by molar-refractivity contribution is 9.10. The van der Waals surface area contributed by atoms with Gasteiger partial charge >= 0.3 is 11.9 Å². The highest BCUT2D eigenvalue weighted by Gasteiger charge is 2.04. The Balaban J connectivity index is 0.000000346. The molecule has 3 N–H and O–H groups in total. The molecule has 6 nitrogen and oxygen atoms in total. The van der Waals surface area contributed by atoms with Crippen molar-refractivity contribution in [2.75, 3.05) is 5.32 Å². The molecule has 1 heterocycles. The van der Waals surface area contributed by atoms with Gasteiger partial charge in [0.15, 0.2) is 0 Å². The van der Waals surface area contributed by atoms with E-state index in [0.717, 1.165) is 16.7 Å². The third kappa shape index (κ3) is 6.36. The SMILES string of the molecule is Cc1cc(NCc2ccncc2)ccc1Br.O=C(O)C(=O)O. The molecule has 0 radical (unpaired) electrons. The molecule has 0 spiro atoms. The molecule has 7 heteroatoms. The number of aryl methyl sites for hydroxylation is 1. The fourth-order valence-corrected chi connectivity index (χ4v) is 1.71. The number of aromatic nitrogens is 1. The molecule has 0 aliphatic rings. The first-order chi connectivity index (χ1) is 10.4. The van der Waals surface area contributed by atoms with Gasteiger partial charge in [0.05, 0.1) is 0 Å². The lowest BCUT2D eigenvalue weighted by Crippen LogP contribution is -2.09. The second-order valence-electron chi connectivity index (χ2n) is 4.28. The van der Waals surface area contributed by atoms with Crippen LogP contribution in [0.1, 0.15) is 11.1 Å². The topological polar surface area (TPSA) is 99.5 Å². The minimum absolute atomic E-state index is 0.823. The lowest BCUT2D eigenvalue weighted by atomic mass is 10.2. The number of carbonyl (C=O) groups is 2. The number of hydrogen-bond acceptors (Lipinski definition) is 4. The second kappa shape index (κ2) is 8.78. The van der Waals surface area contributed by atoms with Crippen LogP contribution >= 0.6 is 15.9 Å². The summed E-state index contributed by atoms with van der Waals surface area (Å²) in [6.07, 6.45) is 3.62. The summed E-state index contributed by atoms with van der Waals surface area (Å²) in [6.45, 7) is 2.91. The van der Waals surface area contributed by atoms with Crippen molar-refractivity contribution in [1.82, 2.24) is 4.98 Å². The number of nitrogens with zero attached hydrogens (tertiary/aromatic N) is 1. The maximum Gasteiger partial charge on any atom is 0.414 e. The predicted molar refractivity (Wildman–Crippen MR) is 85.7 cm³/mol. The largest absolute Gasteiger partial charge is 0.473 e. The first-order valence-corrected chi connectivity index (χ1v) is 7.04. The van der Waals surface area contributed by atoms with Crippen LogP contribution in [0.4, 0.5) is 5.69 Å². The number of benzene rings is 1. The maximum absolute atomic E-state index is 9.10. The van der Waals surface area contributed by atoms with E-state index in [-0.39, 0.29) is 0 Å². The number of rotatable bonds is 3. The zero-order valence-electron chi connectivity index (χ0n) is 11.8. The first kappa shape index (κ1) is 17.6. The van der Waals surface area contributed by atoms with Gasteiger partial charge in [-0.1, -0.05) is 15.9 Å². The predicted octanol–water partition coefficient (Wildman–Crippen LogP) is 2.92. The Labute approximate surface area is 136 Å². The Morgan fingerprint density at radius 3 is 2.23 bits per heavy atom. The lowest BCUT2D eigenvalue weighted by molar-refractivity contribution is -0.159. The average molecular weight is 367 g/mol. The second-order valence-corrected chi connectivity index (χ2v) is 5.14. The van der Waals surface area contributed by atoms with Crippen molar-refractivity contribution >= 4 is 33.6 Å². The molecule has 0 atom stereocenters. The van der Waals surface area contributed by atoms with E-state index in [4.69, 9.17) is 19.8 Å². The Morgan fingerprint density at radius 1 is 1.14 bits per heavy atom. The van der Waals surface area contributed by atoms with Crippen molar-refractivity contribution < 1.29 is 19.8 Å². The summed E-state index contributed by atoms with van der Waals surface area (Å²) in [5.74, 6) is -3.65. The van der Waals surface area contributed by atoms with Crippen molar-refractivity contribution in [3.05, 3.63) is 58.3 Å². The van der Waals surface area contributed by atoms with Crippen molar-refractivity contribution in [2.45, 2.75) is 13.5 Å². The van der Waals surface area contributed by atoms with Crippen molar-refractivity contribution in [2.24, 2.45) is 0 Å². The van der Waals surface area contributed by atoms with E-state index >= 15 is 0 Å². The Bertz CT molecular complexity index is 635. The standard InChI is InChI=1S/C13H13BrN2.C2H2O4/c1-10-8-12(2-3-13(10)14)16-9-11-4-6-15-7-5-11;3-1(4)2(5)6/h2-8,16H,9H2,1H3;(H,3,4)(H,5,6). The van der Waals surface area contributed by atoms with Gasteiger partial charge in [-0.3, -0.25) is 4.98 Å². The van der Waals surface area contributed by atoms with Gasteiger partial charge in [0, 0.05) is 29.1 Å². The van der Waals surface area contributed by atoms with Gasteiger partial charge in [-0.25, -0.2) is 9.59 Å². The lowest BCUT2D eigenvalue weighted by Gasteiger charge is -2.08. The molecule has 116 valence electrons. The van der Waals surface area contributed by atoms with E-state index in [2.05, 4.69) is 51.4 Å². The van der Waals surface area contributed by atoms with E-state index < -0.39 is 11.9 Å². The molecule has 0 unspecified atom stereocenters. The number of pyridine rings is 1. The van der Waals surface area contributed by atoms with Crippen molar-refractivity contribution in [3.63, 3.8) is 0 Å².